The van der Waals surface area contributed by atoms with Crippen LogP contribution in [0, 0.1) is 0 Å². The van der Waals surface area contributed by atoms with Gasteiger partial charge in [0.05, 0.1) is 16.9 Å². The number of rotatable bonds is 3. The smallest absolute Gasteiger partial charge is 0.389 e. The largest absolute Gasteiger partial charge is 0.420 e. The van der Waals surface area contributed by atoms with Crippen molar-refractivity contribution in [3.63, 3.8) is 0 Å². The molecule has 0 N–H and O–H groups in total. The number of amides is 1. The molecular weight excluding hydrogens is 412 g/mol. The van der Waals surface area contributed by atoms with Gasteiger partial charge in [0, 0.05) is 30.2 Å². The molecule has 0 saturated carbocycles. The second-order valence-electron chi connectivity index (χ2n) is 7.31. The number of aryl methyl sites for hydroxylation is 1. The molecule has 7 heteroatoms. The summed E-state index contributed by atoms with van der Waals surface area (Å²) in [6.07, 6.45) is 4.51. The van der Waals surface area contributed by atoms with Crippen LogP contribution in [0.25, 0.3) is 16.8 Å². The van der Waals surface area contributed by atoms with Crippen molar-refractivity contribution in [2.24, 2.45) is 0 Å². The van der Waals surface area contributed by atoms with Gasteiger partial charge in [-0.05, 0) is 60.4 Å². The molecule has 0 saturated heterocycles. The third-order valence-electron chi connectivity index (χ3n) is 5.43. The van der Waals surface area contributed by atoms with Crippen LogP contribution in [0.5, 0.6) is 5.88 Å². The Bertz CT molecular complexity index is 1260. The number of benzene rings is 2. The number of para-hydroxylation sites is 1. The van der Waals surface area contributed by atoms with Crippen LogP contribution in [-0.4, -0.2) is 27.9 Å². The zero-order valence-corrected chi connectivity index (χ0v) is 17.6. The molecule has 0 bridgehead atoms. The van der Waals surface area contributed by atoms with Crippen molar-refractivity contribution in [3.05, 3.63) is 89.3 Å². The Hall–Kier alpha value is -3.64. The number of nitrogens with zero attached hydrogens (tertiary/aromatic N) is 4. The molecule has 0 unspecified atom stereocenters. The van der Waals surface area contributed by atoms with Gasteiger partial charge in [0.25, 0.3) is 5.88 Å². The van der Waals surface area contributed by atoms with Crippen LogP contribution >= 0.6 is 11.6 Å². The van der Waals surface area contributed by atoms with Gasteiger partial charge in [-0.3, -0.25) is 9.88 Å². The molecule has 1 aliphatic rings. The summed E-state index contributed by atoms with van der Waals surface area (Å²) >= 11 is 6.22. The number of anilines is 1. The second kappa shape index (κ2) is 7.89. The molecule has 0 spiro atoms. The van der Waals surface area contributed by atoms with Gasteiger partial charge >= 0.3 is 6.09 Å². The van der Waals surface area contributed by atoms with E-state index in [2.05, 4.69) is 10.1 Å². The lowest BCUT2D eigenvalue weighted by Crippen LogP contribution is -2.29. The molecule has 1 amide bonds. The molecule has 0 radical (unpaired) electrons. The first-order chi connectivity index (χ1) is 15.1. The first kappa shape index (κ1) is 19.3. The molecule has 0 atom stereocenters. The summed E-state index contributed by atoms with van der Waals surface area (Å²) in [5.41, 5.74) is 5.51. The maximum Gasteiger partial charge on any atom is 0.420 e. The van der Waals surface area contributed by atoms with Crippen molar-refractivity contribution in [2.45, 2.75) is 12.8 Å². The number of hydrogen-bond donors (Lipinski definition) is 0. The van der Waals surface area contributed by atoms with Gasteiger partial charge in [-0.1, -0.05) is 35.9 Å². The normalized spacial score (nSPS) is 12.1. The summed E-state index contributed by atoms with van der Waals surface area (Å²) in [5.74, 6) is 0.280. The predicted octanol–water partition coefficient (Wildman–Crippen LogP) is 5.32. The van der Waals surface area contributed by atoms with Crippen LogP contribution in [0.4, 0.5) is 10.5 Å². The Morgan fingerprint density at radius 3 is 2.61 bits per heavy atom. The van der Waals surface area contributed by atoms with Crippen LogP contribution in [0.1, 0.15) is 11.3 Å². The van der Waals surface area contributed by atoms with E-state index in [-0.39, 0.29) is 5.88 Å². The average molecular weight is 431 g/mol. The first-order valence-corrected chi connectivity index (χ1v) is 10.3. The number of hydrogen-bond acceptors (Lipinski definition) is 4. The van der Waals surface area contributed by atoms with E-state index >= 15 is 0 Å². The van der Waals surface area contributed by atoms with Gasteiger partial charge in [0.1, 0.15) is 0 Å². The topological polar surface area (TPSA) is 60.3 Å². The lowest BCUT2D eigenvalue weighted by atomic mass is 9.89. The molecule has 154 valence electrons. The maximum absolute atomic E-state index is 12.9. The van der Waals surface area contributed by atoms with E-state index in [1.165, 1.54) is 4.90 Å². The minimum absolute atomic E-state index is 0.280. The molecule has 4 aromatic rings. The molecule has 2 heterocycles. The minimum Gasteiger partial charge on any atom is -0.389 e. The number of aromatic nitrogens is 3. The third-order valence-corrected chi connectivity index (χ3v) is 5.66. The fourth-order valence-electron chi connectivity index (χ4n) is 3.88. The Morgan fingerprint density at radius 2 is 1.84 bits per heavy atom. The van der Waals surface area contributed by atoms with E-state index in [0.29, 0.717) is 5.02 Å². The van der Waals surface area contributed by atoms with Crippen LogP contribution in [0.3, 0.4) is 0 Å². The Kier molecular flexibility index (Phi) is 4.92. The molecule has 1 aliphatic carbocycles. The van der Waals surface area contributed by atoms with E-state index in [1.807, 2.05) is 65.3 Å². The van der Waals surface area contributed by atoms with Gasteiger partial charge in [0.2, 0.25) is 0 Å². The fraction of sp³-hybridized carbons (Fsp3) is 0.125. The lowest BCUT2D eigenvalue weighted by Gasteiger charge is -2.19. The van der Waals surface area contributed by atoms with Gasteiger partial charge in [-0.2, -0.15) is 0 Å². The first-order valence-electron chi connectivity index (χ1n) is 9.93. The van der Waals surface area contributed by atoms with E-state index < -0.39 is 6.09 Å². The molecule has 2 aromatic heterocycles. The molecular formula is C24H19ClN4O2. The van der Waals surface area contributed by atoms with E-state index in [1.54, 1.807) is 19.4 Å². The highest BCUT2D eigenvalue weighted by molar-refractivity contribution is 6.30. The summed E-state index contributed by atoms with van der Waals surface area (Å²) in [6.45, 7) is 0. The highest BCUT2D eigenvalue weighted by Crippen LogP contribution is 2.41. The zero-order chi connectivity index (χ0) is 21.4. The highest BCUT2D eigenvalue weighted by Gasteiger charge is 2.29. The molecule has 31 heavy (non-hydrogen) atoms. The maximum atomic E-state index is 12.9. The van der Waals surface area contributed by atoms with Gasteiger partial charge in [-0.15, -0.1) is 5.10 Å². The Morgan fingerprint density at radius 1 is 1.06 bits per heavy atom. The van der Waals surface area contributed by atoms with E-state index in [0.717, 1.165) is 46.6 Å². The molecule has 2 aromatic carbocycles. The number of halogens is 1. The standard InChI is InChI=1S/C24H19ClN4O2/c1-28(18-5-3-2-4-6-18)24(30)31-23-22-20-9-8-17(25)15-16(20)7-10-21(22)29(27-23)19-11-13-26-14-12-19/h2-6,8-9,11-15H,7,10H2,1H3. The van der Waals surface area contributed by atoms with E-state index in [4.69, 9.17) is 16.3 Å². The molecule has 0 fully saturated rings. The summed E-state index contributed by atoms with van der Waals surface area (Å²) in [5, 5.41) is 5.37. The van der Waals surface area contributed by atoms with Crippen LogP contribution < -0.4 is 9.64 Å². The van der Waals surface area contributed by atoms with Crippen LogP contribution in [0.2, 0.25) is 5.02 Å². The van der Waals surface area contributed by atoms with Gasteiger partial charge < -0.3 is 4.74 Å². The van der Waals surface area contributed by atoms with Crippen LogP contribution in [0.15, 0.2) is 73.1 Å². The number of carbonyl (C=O) groups excluding carboxylic acids is 1. The number of fused-ring (bicyclic) bond motifs is 3. The molecule has 5 rings (SSSR count). The Labute approximate surface area is 184 Å². The predicted molar refractivity (Wildman–Crippen MR) is 120 cm³/mol. The van der Waals surface area contributed by atoms with Crippen molar-refractivity contribution in [1.82, 2.24) is 14.8 Å². The summed E-state index contributed by atoms with van der Waals surface area (Å²) < 4.78 is 7.66. The van der Waals surface area contributed by atoms with Gasteiger partial charge in [0.15, 0.2) is 0 Å². The van der Waals surface area contributed by atoms with Crippen molar-refractivity contribution in [1.29, 1.82) is 0 Å². The van der Waals surface area contributed by atoms with Crippen LogP contribution in [-0.2, 0) is 12.8 Å². The summed E-state index contributed by atoms with van der Waals surface area (Å²) in [6, 6.07) is 18.9. The number of carbonyl (C=O) groups is 1. The Balaban J connectivity index is 1.60. The summed E-state index contributed by atoms with van der Waals surface area (Å²) in [4.78, 5) is 18.5. The lowest BCUT2D eigenvalue weighted by molar-refractivity contribution is 0.207. The third kappa shape index (κ3) is 3.55. The minimum atomic E-state index is -0.505. The van der Waals surface area contributed by atoms with Crippen molar-refractivity contribution in [3.8, 4) is 22.7 Å². The zero-order valence-electron chi connectivity index (χ0n) is 16.8. The second-order valence-corrected chi connectivity index (χ2v) is 7.74. The molecule has 0 aliphatic heterocycles. The number of ether oxygens (including phenoxy) is 1. The summed E-state index contributed by atoms with van der Waals surface area (Å²) in [7, 11) is 1.68. The molecule has 6 nitrogen and oxygen atoms in total. The van der Waals surface area contributed by atoms with E-state index in [9.17, 15) is 4.79 Å². The SMILES string of the molecule is CN(C(=O)Oc1nn(-c2ccncc2)c2c1-c1ccc(Cl)cc1CC2)c1ccccc1. The van der Waals surface area contributed by atoms with Crippen molar-refractivity contribution >= 4 is 23.4 Å². The highest BCUT2D eigenvalue weighted by atomic mass is 35.5. The average Bonchev–Trinajstić information content (AvgIpc) is 3.18. The fourth-order valence-corrected chi connectivity index (χ4v) is 4.07. The van der Waals surface area contributed by atoms with Gasteiger partial charge in [-0.25, -0.2) is 9.48 Å². The quantitative estimate of drug-likeness (QED) is 0.441. The monoisotopic (exact) mass is 430 g/mol. The number of pyridine rings is 1. The van der Waals surface area contributed by atoms with Crippen molar-refractivity contribution in [2.75, 3.05) is 11.9 Å². The van der Waals surface area contributed by atoms with Crippen molar-refractivity contribution < 1.29 is 9.53 Å².